The molecule has 8 heteroatoms. The van der Waals surface area contributed by atoms with Gasteiger partial charge in [0.1, 0.15) is 5.69 Å². The van der Waals surface area contributed by atoms with Gasteiger partial charge in [0.25, 0.3) is 0 Å². The third kappa shape index (κ3) is 8.31. The molecule has 4 rings (SSSR count). The largest absolute Gasteiger partial charge is 0.396 e. The van der Waals surface area contributed by atoms with Gasteiger partial charge in [-0.15, -0.1) is 5.23 Å². The number of fused-ring (bicyclic) bond motifs is 2. The Morgan fingerprint density at radius 1 is 1.05 bits per heavy atom. The van der Waals surface area contributed by atoms with Gasteiger partial charge in [-0.2, -0.15) is 0 Å². The molecule has 2 aliphatic rings. The van der Waals surface area contributed by atoms with Gasteiger partial charge >= 0.3 is 0 Å². The molecule has 1 heterocycles. The highest BCUT2D eigenvalue weighted by atomic mass is 16.8. The van der Waals surface area contributed by atoms with E-state index >= 15 is 0 Å². The van der Waals surface area contributed by atoms with E-state index in [0.717, 1.165) is 42.2 Å². The highest BCUT2D eigenvalue weighted by molar-refractivity contribution is 5.96. The van der Waals surface area contributed by atoms with E-state index in [1.807, 2.05) is 6.07 Å². The van der Waals surface area contributed by atoms with Gasteiger partial charge in [0.15, 0.2) is 11.0 Å². The number of aromatic nitrogens is 2. The highest BCUT2D eigenvalue weighted by Gasteiger charge is 2.42. The number of hydrogen-bond donors (Lipinski definition) is 3. The quantitative estimate of drug-likeness (QED) is 0.119. The van der Waals surface area contributed by atoms with Crippen molar-refractivity contribution in [2.75, 3.05) is 23.8 Å². The predicted octanol–water partition coefficient (Wildman–Crippen LogP) is 8.94. The summed E-state index contributed by atoms with van der Waals surface area (Å²) in [7, 11) is 2.05. The fraction of sp³-hybridized carbons (Fsp3) is 0.771. The number of unbranched alkanes of at least 4 members (excludes halogenated alkanes) is 2. The van der Waals surface area contributed by atoms with Crippen molar-refractivity contribution in [1.29, 1.82) is 0 Å². The second kappa shape index (κ2) is 15.7. The maximum atomic E-state index is 9.67. The molecule has 6 atom stereocenters. The Bertz CT molecular complexity index is 1170. The fourth-order valence-corrected chi connectivity index (χ4v) is 8.62. The van der Waals surface area contributed by atoms with Gasteiger partial charge < -0.3 is 10.0 Å². The molecule has 0 amide bonds. The monoisotopic (exact) mass is 598 g/mol. The maximum absolute atomic E-state index is 9.67. The zero-order valence-electron chi connectivity index (χ0n) is 27.5. The molecule has 0 bridgehead atoms. The Morgan fingerprint density at radius 2 is 1.79 bits per heavy atom. The van der Waals surface area contributed by atoms with Crippen LogP contribution in [0.5, 0.6) is 0 Å². The normalized spacial score (nSPS) is 27.4. The van der Waals surface area contributed by atoms with Gasteiger partial charge in [0.05, 0.1) is 5.69 Å². The SMILES string of the molecule is CCC[C@@]1(C)CC(CCO)=CC[C@H]2[C@@H](C)CC[C@H](CCCCCC(C)N(C)c3ccc(N(O)O)c4nonc34)CCC[C@@H]21. The molecule has 242 valence electrons. The van der Waals surface area contributed by atoms with Crippen LogP contribution in [0.1, 0.15) is 124 Å². The van der Waals surface area contributed by atoms with Crippen LogP contribution in [-0.4, -0.2) is 45.5 Å². The molecule has 8 nitrogen and oxygen atoms in total. The summed E-state index contributed by atoms with van der Waals surface area (Å²) in [4.78, 5) is 2.19. The van der Waals surface area contributed by atoms with Crippen LogP contribution in [0.3, 0.4) is 0 Å². The summed E-state index contributed by atoms with van der Waals surface area (Å²) >= 11 is 0. The molecule has 1 saturated carbocycles. The first-order chi connectivity index (χ1) is 20.7. The second-order valence-electron chi connectivity index (χ2n) is 14.2. The Labute approximate surface area is 259 Å². The number of benzene rings is 1. The van der Waals surface area contributed by atoms with Crippen LogP contribution in [0.2, 0.25) is 0 Å². The zero-order chi connectivity index (χ0) is 31.0. The summed E-state index contributed by atoms with van der Waals surface area (Å²) < 4.78 is 4.91. The standard InChI is InChI=1S/C35H58N4O4/c1-6-22-35(4)24-28(21-23-40)17-18-29-25(2)15-16-27(13-10-14-30(29)35)12-9-7-8-11-26(3)38(5)31-19-20-32(39(41)42)34-33(31)36-43-37-34/h17,19-20,25-27,29-30,40-42H,6-16,18,21-24H2,1-5H3/t25-,26?,27+,29-,30-,35-/m0/s1. The first kappa shape index (κ1) is 33.7. The topological polar surface area (TPSA) is 106 Å². The van der Waals surface area contributed by atoms with Crippen LogP contribution in [-0.2, 0) is 0 Å². The van der Waals surface area contributed by atoms with Crippen molar-refractivity contribution in [1.82, 2.24) is 10.3 Å². The third-order valence-electron chi connectivity index (χ3n) is 11.2. The van der Waals surface area contributed by atoms with Crippen LogP contribution < -0.4 is 10.1 Å². The minimum absolute atomic E-state index is 0.0582. The number of hydrogen-bond acceptors (Lipinski definition) is 8. The van der Waals surface area contributed by atoms with Crippen LogP contribution in [0.4, 0.5) is 11.4 Å². The lowest BCUT2D eigenvalue weighted by Crippen LogP contribution is -2.35. The van der Waals surface area contributed by atoms with Crippen molar-refractivity contribution in [3.63, 3.8) is 0 Å². The summed E-state index contributed by atoms with van der Waals surface area (Å²) in [5, 5.41) is 36.6. The molecule has 0 spiro atoms. The lowest BCUT2D eigenvalue weighted by Gasteiger charge is -2.43. The van der Waals surface area contributed by atoms with Gasteiger partial charge in [0.2, 0.25) is 0 Å². The Kier molecular flexibility index (Phi) is 12.3. The van der Waals surface area contributed by atoms with Crippen molar-refractivity contribution in [2.45, 2.75) is 130 Å². The second-order valence-corrected chi connectivity index (χ2v) is 14.2. The van der Waals surface area contributed by atoms with Crippen molar-refractivity contribution >= 4 is 22.4 Å². The van der Waals surface area contributed by atoms with Gasteiger partial charge in [-0.3, -0.25) is 10.4 Å². The molecule has 1 aromatic heterocycles. The summed E-state index contributed by atoms with van der Waals surface area (Å²) in [6.07, 6.45) is 21.4. The molecular formula is C35H58N4O4. The molecular weight excluding hydrogens is 540 g/mol. The molecule has 0 aliphatic heterocycles. The van der Waals surface area contributed by atoms with Crippen LogP contribution in [0.15, 0.2) is 28.4 Å². The van der Waals surface area contributed by atoms with Crippen molar-refractivity contribution in [3.8, 4) is 0 Å². The summed E-state index contributed by atoms with van der Waals surface area (Å²) in [6.45, 7) is 9.97. The number of rotatable bonds is 13. The summed E-state index contributed by atoms with van der Waals surface area (Å²) in [5.74, 6) is 3.19. The van der Waals surface area contributed by atoms with Crippen LogP contribution in [0, 0.1) is 29.1 Å². The average Bonchev–Trinajstić information content (AvgIpc) is 3.44. The van der Waals surface area contributed by atoms with E-state index in [9.17, 15) is 15.5 Å². The number of nitrogens with zero attached hydrogens (tertiary/aromatic N) is 4. The fourth-order valence-electron chi connectivity index (χ4n) is 8.62. The Balaban J connectivity index is 1.26. The maximum Gasteiger partial charge on any atom is 0.165 e. The number of allylic oxidation sites excluding steroid dienone is 1. The molecule has 2 aromatic rings. The smallest absolute Gasteiger partial charge is 0.165 e. The van der Waals surface area contributed by atoms with Crippen LogP contribution in [0.25, 0.3) is 11.0 Å². The molecule has 1 aromatic carbocycles. The molecule has 0 saturated heterocycles. The minimum atomic E-state index is 0.0582. The molecule has 0 radical (unpaired) electrons. The van der Waals surface area contributed by atoms with Crippen LogP contribution >= 0.6 is 0 Å². The van der Waals surface area contributed by atoms with E-state index in [4.69, 9.17) is 4.63 Å². The van der Waals surface area contributed by atoms with E-state index in [1.54, 1.807) is 6.07 Å². The van der Waals surface area contributed by atoms with Gasteiger partial charge in [-0.25, -0.2) is 4.63 Å². The zero-order valence-corrected chi connectivity index (χ0v) is 27.5. The third-order valence-corrected chi connectivity index (χ3v) is 11.2. The number of aliphatic hydroxyl groups excluding tert-OH is 1. The summed E-state index contributed by atoms with van der Waals surface area (Å²) in [5.41, 5.74) is 3.76. The first-order valence-electron chi connectivity index (χ1n) is 17.1. The van der Waals surface area contributed by atoms with E-state index in [-0.39, 0.29) is 17.5 Å². The lowest BCUT2D eigenvalue weighted by atomic mass is 9.62. The Hall–Kier alpha value is -2.16. The molecule has 1 fully saturated rings. The molecule has 3 N–H and O–H groups in total. The van der Waals surface area contributed by atoms with Gasteiger partial charge in [-0.1, -0.05) is 90.2 Å². The molecule has 43 heavy (non-hydrogen) atoms. The predicted molar refractivity (Wildman–Crippen MR) is 174 cm³/mol. The highest BCUT2D eigenvalue weighted by Crippen LogP contribution is 2.52. The van der Waals surface area contributed by atoms with Gasteiger partial charge in [-0.05, 0) is 97.0 Å². The first-order valence-corrected chi connectivity index (χ1v) is 17.1. The Morgan fingerprint density at radius 3 is 2.51 bits per heavy atom. The van der Waals surface area contributed by atoms with Crippen molar-refractivity contribution in [3.05, 3.63) is 23.8 Å². The summed E-state index contributed by atoms with van der Waals surface area (Å²) in [6, 6.07) is 3.77. The van der Waals surface area contributed by atoms with Crippen molar-refractivity contribution < 1.29 is 20.2 Å². The minimum Gasteiger partial charge on any atom is -0.396 e. The number of aliphatic hydroxyl groups is 1. The van der Waals surface area contributed by atoms with E-state index < -0.39 is 0 Å². The number of anilines is 2. The van der Waals surface area contributed by atoms with E-state index in [0.29, 0.717) is 22.5 Å². The van der Waals surface area contributed by atoms with Crippen molar-refractivity contribution in [2.24, 2.45) is 29.1 Å². The van der Waals surface area contributed by atoms with Gasteiger partial charge in [0, 0.05) is 19.7 Å². The van der Waals surface area contributed by atoms with E-state index in [1.165, 1.54) is 89.0 Å². The molecule has 1 unspecified atom stereocenters. The van der Waals surface area contributed by atoms with E-state index in [2.05, 4.69) is 56.0 Å². The average molecular weight is 599 g/mol. The lowest BCUT2D eigenvalue weighted by molar-refractivity contribution is 0.0298. The molecule has 2 aliphatic carbocycles.